The van der Waals surface area contributed by atoms with Crippen LogP contribution in [0.4, 0.5) is 5.95 Å². The summed E-state index contributed by atoms with van der Waals surface area (Å²) in [7, 11) is 0. The van der Waals surface area contributed by atoms with Crippen molar-refractivity contribution in [1.82, 2.24) is 24.5 Å². The van der Waals surface area contributed by atoms with E-state index in [1.54, 1.807) is 0 Å². The smallest absolute Gasteiger partial charge is 0.228 e. The lowest BCUT2D eigenvalue weighted by molar-refractivity contribution is 0.0704. The maximum absolute atomic E-state index is 5.54. The lowest BCUT2D eigenvalue weighted by Crippen LogP contribution is -2.37. The fourth-order valence-electron chi connectivity index (χ4n) is 3.85. The molecule has 0 spiro atoms. The molecule has 0 radical (unpaired) electrons. The average Bonchev–Trinajstić information content (AvgIpc) is 3.19. The van der Waals surface area contributed by atoms with Gasteiger partial charge in [0.25, 0.3) is 0 Å². The Morgan fingerprint density at radius 2 is 1.75 bits per heavy atom. The molecule has 5 heterocycles. The summed E-state index contributed by atoms with van der Waals surface area (Å²) in [5, 5.41) is 0. The van der Waals surface area contributed by atoms with E-state index in [0.717, 1.165) is 73.2 Å². The Hall–Kier alpha value is -2.58. The zero-order valence-corrected chi connectivity index (χ0v) is 16.0. The van der Waals surface area contributed by atoms with Gasteiger partial charge < -0.3 is 18.9 Å². The second-order valence-electron chi connectivity index (χ2n) is 7.33. The quantitative estimate of drug-likeness (QED) is 0.690. The van der Waals surface area contributed by atoms with E-state index in [1.807, 2.05) is 25.5 Å². The first kappa shape index (κ1) is 17.5. The Balaban J connectivity index is 1.65. The van der Waals surface area contributed by atoms with Crippen LogP contribution in [-0.2, 0) is 9.47 Å². The molecule has 5 rings (SSSR count). The summed E-state index contributed by atoms with van der Waals surface area (Å²) < 4.78 is 13.2. The van der Waals surface area contributed by atoms with E-state index in [-0.39, 0.29) is 0 Å². The van der Waals surface area contributed by atoms with Crippen LogP contribution in [0.3, 0.4) is 0 Å². The topological polar surface area (TPSA) is 78.2 Å². The number of aryl methyl sites for hydroxylation is 1. The molecule has 28 heavy (non-hydrogen) atoms. The molecule has 0 aliphatic carbocycles. The van der Waals surface area contributed by atoms with Crippen molar-refractivity contribution in [1.29, 1.82) is 0 Å². The molecule has 0 bridgehead atoms. The van der Waals surface area contributed by atoms with Crippen molar-refractivity contribution in [2.45, 2.75) is 25.8 Å². The molecule has 2 aliphatic rings. The fourth-order valence-corrected chi connectivity index (χ4v) is 3.85. The number of pyridine rings is 1. The number of nitrogens with zero attached hydrogens (tertiary/aromatic N) is 6. The number of anilines is 1. The van der Waals surface area contributed by atoms with Crippen LogP contribution in [0.25, 0.3) is 22.4 Å². The molecule has 0 saturated carbocycles. The normalized spacial score (nSPS) is 18.7. The second-order valence-corrected chi connectivity index (χ2v) is 7.33. The number of hydrogen-bond acceptors (Lipinski definition) is 7. The third-order valence-corrected chi connectivity index (χ3v) is 5.47. The fraction of sp³-hybridized carbons (Fsp3) is 0.500. The van der Waals surface area contributed by atoms with Gasteiger partial charge in [-0.3, -0.25) is 4.98 Å². The van der Waals surface area contributed by atoms with Gasteiger partial charge in [0.2, 0.25) is 5.95 Å². The van der Waals surface area contributed by atoms with Crippen molar-refractivity contribution in [2.75, 3.05) is 44.4 Å². The first-order valence-corrected chi connectivity index (χ1v) is 9.87. The summed E-state index contributed by atoms with van der Waals surface area (Å²) in [5.41, 5.74) is 4.50. The monoisotopic (exact) mass is 380 g/mol. The third kappa shape index (κ3) is 3.22. The van der Waals surface area contributed by atoms with Crippen molar-refractivity contribution in [2.24, 2.45) is 0 Å². The highest BCUT2D eigenvalue weighted by molar-refractivity contribution is 5.88. The molecule has 0 unspecified atom stereocenters. The van der Waals surface area contributed by atoms with Crippen LogP contribution in [-0.4, -0.2) is 64.0 Å². The Morgan fingerprint density at radius 3 is 2.50 bits per heavy atom. The molecule has 2 saturated heterocycles. The molecular formula is C20H24N6O2. The summed E-state index contributed by atoms with van der Waals surface area (Å²) in [5.74, 6) is 0.736. The predicted octanol–water partition coefficient (Wildman–Crippen LogP) is 2.38. The molecule has 8 nitrogen and oxygen atoms in total. The van der Waals surface area contributed by atoms with Crippen LogP contribution in [0.15, 0.2) is 24.7 Å². The van der Waals surface area contributed by atoms with E-state index in [9.17, 15) is 0 Å². The molecule has 0 N–H and O–H groups in total. The van der Waals surface area contributed by atoms with E-state index < -0.39 is 0 Å². The van der Waals surface area contributed by atoms with Crippen LogP contribution < -0.4 is 4.90 Å². The van der Waals surface area contributed by atoms with Gasteiger partial charge in [0, 0.05) is 49.8 Å². The van der Waals surface area contributed by atoms with Gasteiger partial charge in [0.1, 0.15) is 11.2 Å². The molecule has 0 aromatic carbocycles. The van der Waals surface area contributed by atoms with Gasteiger partial charge in [-0.05, 0) is 31.9 Å². The van der Waals surface area contributed by atoms with E-state index in [4.69, 9.17) is 24.4 Å². The molecule has 3 aromatic heterocycles. The van der Waals surface area contributed by atoms with Crippen molar-refractivity contribution in [3.63, 3.8) is 0 Å². The number of rotatable bonds is 3. The van der Waals surface area contributed by atoms with Crippen LogP contribution in [0, 0.1) is 6.92 Å². The number of ether oxygens (including phenoxy) is 2. The van der Waals surface area contributed by atoms with E-state index in [1.165, 1.54) is 0 Å². The van der Waals surface area contributed by atoms with Gasteiger partial charge in [-0.1, -0.05) is 0 Å². The molecule has 0 atom stereocenters. The standard InChI is InChI=1S/C20H24N6O2/c1-14-2-3-15(12-21-14)17-18-19(24-20(23-17)25-6-10-28-11-7-25)26(13-22-18)16-4-8-27-9-5-16/h2-3,12-13,16H,4-11H2,1H3. The summed E-state index contributed by atoms with van der Waals surface area (Å²) in [6.45, 7) is 6.52. The average molecular weight is 380 g/mol. The second kappa shape index (κ2) is 7.44. The predicted molar refractivity (Wildman–Crippen MR) is 105 cm³/mol. The Kier molecular flexibility index (Phi) is 4.66. The largest absolute Gasteiger partial charge is 0.381 e. The minimum Gasteiger partial charge on any atom is -0.381 e. The number of aromatic nitrogens is 5. The maximum atomic E-state index is 5.54. The number of hydrogen-bond donors (Lipinski definition) is 0. The van der Waals surface area contributed by atoms with Crippen molar-refractivity contribution >= 4 is 17.1 Å². The molecule has 8 heteroatoms. The van der Waals surface area contributed by atoms with Gasteiger partial charge in [-0.2, -0.15) is 4.98 Å². The first-order chi connectivity index (χ1) is 13.8. The minimum atomic E-state index is 0.357. The zero-order chi connectivity index (χ0) is 18.9. The number of fused-ring (bicyclic) bond motifs is 1. The highest BCUT2D eigenvalue weighted by Crippen LogP contribution is 2.31. The van der Waals surface area contributed by atoms with Crippen molar-refractivity contribution in [3.8, 4) is 11.3 Å². The molecule has 146 valence electrons. The Bertz CT molecular complexity index is 959. The van der Waals surface area contributed by atoms with Gasteiger partial charge in [-0.25, -0.2) is 9.97 Å². The van der Waals surface area contributed by atoms with Crippen molar-refractivity contribution in [3.05, 3.63) is 30.4 Å². The van der Waals surface area contributed by atoms with Crippen LogP contribution in [0.1, 0.15) is 24.6 Å². The number of morpholine rings is 1. The molecule has 2 fully saturated rings. The van der Waals surface area contributed by atoms with E-state index in [0.29, 0.717) is 19.3 Å². The van der Waals surface area contributed by atoms with Crippen molar-refractivity contribution < 1.29 is 9.47 Å². The van der Waals surface area contributed by atoms with Gasteiger partial charge in [-0.15, -0.1) is 0 Å². The summed E-state index contributed by atoms with van der Waals surface area (Å²) in [6.07, 6.45) is 5.73. The highest BCUT2D eigenvalue weighted by Gasteiger charge is 2.23. The summed E-state index contributed by atoms with van der Waals surface area (Å²) in [6, 6.07) is 4.42. The highest BCUT2D eigenvalue weighted by atomic mass is 16.5. The third-order valence-electron chi connectivity index (χ3n) is 5.47. The number of imidazole rings is 1. The lowest BCUT2D eigenvalue weighted by Gasteiger charge is -2.27. The Morgan fingerprint density at radius 1 is 0.964 bits per heavy atom. The zero-order valence-electron chi connectivity index (χ0n) is 16.0. The summed E-state index contributed by atoms with van der Waals surface area (Å²) >= 11 is 0. The van der Waals surface area contributed by atoms with Crippen LogP contribution >= 0.6 is 0 Å². The first-order valence-electron chi connectivity index (χ1n) is 9.87. The SMILES string of the molecule is Cc1ccc(-c2nc(N3CCOCC3)nc3c2ncn3C2CCOCC2)cn1. The Labute approximate surface area is 163 Å². The van der Waals surface area contributed by atoms with Gasteiger partial charge >= 0.3 is 0 Å². The van der Waals surface area contributed by atoms with Crippen LogP contribution in [0.5, 0.6) is 0 Å². The summed E-state index contributed by atoms with van der Waals surface area (Å²) in [4.78, 5) is 21.2. The minimum absolute atomic E-state index is 0.357. The van der Waals surface area contributed by atoms with Gasteiger partial charge in [0.05, 0.1) is 19.5 Å². The molecule has 3 aromatic rings. The molecule has 2 aliphatic heterocycles. The van der Waals surface area contributed by atoms with E-state index >= 15 is 0 Å². The molecule has 0 amide bonds. The van der Waals surface area contributed by atoms with E-state index in [2.05, 4.69) is 20.5 Å². The van der Waals surface area contributed by atoms with Gasteiger partial charge in [0.15, 0.2) is 5.65 Å². The maximum Gasteiger partial charge on any atom is 0.228 e. The lowest BCUT2D eigenvalue weighted by atomic mass is 10.1. The molecular weight excluding hydrogens is 356 g/mol. The van der Waals surface area contributed by atoms with Crippen LogP contribution in [0.2, 0.25) is 0 Å².